The molecule has 5 nitrogen and oxygen atoms in total. The van der Waals surface area contributed by atoms with Crippen LogP contribution in [0.15, 0.2) is 70.7 Å². The van der Waals surface area contributed by atoms with Crippen molar-refractivity contribution in [3.05, 3.63) is 71.8 Å². The molecule has 0 fully saturated rings. The molecule has 0 amide bonds. The summed E-state index contributed by atoms with van der Waals surface area (Å²) in [5, 5.41) is 3.21. The molecular weight excluding hydrogens is 464 g/mol. The Kier molecular flexibility index (Phi) is 6.09. The van der Waals surface area contributed by atoms with Crippen LogP contribution >= 0.6 is 0 Å². The van der Waals surface area contributed by atoms with Gasteiger partial charge in [-0.05, 0) is 41.8 Å². The summed E-state index contributed by atoms with van der Waals surface area (Å²) in [5.74, 6) is 0.282. The highest BCUT2D eigenvalue weighted by Crippen LogP contribution is 2.33. The van der Waals surface area contributed by atoms with Gasteiger partial charge in [0.15, 0.2) is 5.71 Å². The van der Waals surface area contributed by atoms with Crippen molar-refractivity contribution in [3.63, 3.8) is 0 Å². The summed E-state index contributed by atoms with van der Waals surface area (Å²) < 4.78 is 113. The zero-order valence-corrected chi connectivity index (χ0v) is 16.8. The fourth-order valence-corrected chi connectivity index (χ4v) is 3.58. The number of methoxy groups -OCH3 is 1. The predicted molar refractivity (Wildman–Crippen MR) is 103 cm³/mol. The summed E-state index contributed by atoms with van der Waals surface area (Å²) in [6.45, 7) is 0. The summed E-state index contributed by atoms with van der Waals surface area (Å²) in [4.78, 5) is -0.796. The van der Waals surface area contributed by atoms with E-state index in [1.54, 1.807) is 6.07 Å². The maximum Gasteiger partial charge on any atom is 0.437 e. The second kappa shape index (κ2) is 8.34. The van der Waals surface area contributed by atoms with Crippen molar-refractivity contribution in [2.45, 2.75) is 17.2 Å². The molecule has 0 aliphatic heterocycles. The van der Waals surface area contributed by atoms with Gasteiger partial charge in [-0.25, -0.2) is 0 Å². The highest BCUT2D eigenvalue weighted by Gasteiger charge is 2.39. The van der Waals surface area contributed by atoms with E-state index in [0.29, 0.717) is 29.7 Å². The molecule has 32 heavy (non-hydrogen) atoms. The molecule has 0 aliphatic rings. The lowest BCUT2D eigenvalue weighted by molar-refractivity contribution is -0.137. The number of alkyl halides is 6. The molecule has 170 valence electrons. The Hall–Kier alpha value is -3.28. The average molecular weight is 477 g/mol. The number of benzene rings is 3. The van der Waals surface area contributed by atoms with Crippen LogP contribution in [-0.2, 0) is 20.6 Å². The van der Waals surface area contributed by atoms with Crippen LogP contribution < -0.4 is 4.74 Å². The number of halogens is 6. The molecule has 0 unspecified atom stereocenters. The number of hydrogen-bond donors (Lipinski definition) is 0. The average Bonchev–Trinajstić information content (AvgIpc) is 2.72. The molecule has 0 aliphatic carbocycles. The molecule has 0 atom stereocenters. The minimum absolute atomic E-state index is 0.0680. The quantitative estimate of drug-likeness (QED) is 0.275. The minimum Gasteiger partial charge on any atom is -0.496 e. The smallest absolute Gasteiger partial charge is 0.437 e. The van der Waals surface area contributed by atoms with Gasteiger partial charge in [-0.3, -0.25) is 4.28 Å². The van der Waals surface area contributed by atoms with E-state index >= 15 is 0 Å². The lowest BCUT2D eigenvalue weighted by atomic mass is 10.00. The third-order valence-electron chi connectivity index (χ3n) is 4.32. The molecule has 0 spiro atoms. The van der Waals surface area contributed by atoms with Crippen molar-refractivity contribution in [2.24, 2.45) is 5.16 Å². The highest BCUT2D eigenvalue weighted by molar-refractivity contribution is 7.86. The SMILES string of the molecule is COc1ccc(/C(=N\OS(=O)(=O)c2ccc(C(F)(F)F)cc2)C(F)(F)F)c2ccccc12. The Morgan fingerprint density at radius 1 is 0.844 bits per heavy atom. The molecule has 0 saturated heterocycles. The molecule has 0 aromatic heterocycles. The number of fused-ring (bicyclic) bond motifs is 1. The van der Waals surface area contributed by atoms with Crippen molar-refractivity contribution < 1.29 is 43.8 Å². The maximum atomic E-state index is 13.7. The molecule has 0 bridgehead atoms. The van der Waals surface area contributed by atoms with Crippen LogP contribution in [0.2, 0.25) is 0 Å². The molecule has 12 heteroatoms. The van der Waals surface area contributed by atoms with E-state index in [0.717, 1.165) is 6.07 Å². The van der Waals surface area contributed by atoms with E-state index < -0.39 is 44.2 Å². The van der Waals surface area contributed by atoms with Gasteiger partial charge >= 0.3 is 22.5 Å². The van der Waals surface area contributed by atoms with Crippen molar-refractivity contribution in [1.82, 2.24) is 0 Å². The molecule has 3 rings (SSSR count). The van der Waals surface area contributed by atoms with Gasteiger partial charge in [0.2, 0.25) is 0 Å². The Morgan fingerprint density at radius 2 is 1.44 bits per heavy atom. The van der Waals surface area contributed by atoms with Gasteiger partial charge in [-0.15, -0.1) is 0 Å². The molecular formula is C20H13F6NO4S. The van der Waals surface area contributed by atoms with Crippen LogP contribution in [0.1, 0.15) is 11.1 Å². The zero-order valence-electron chi connectivity index (χ0n) is 16.0. The van der Waals surface area contributed by atoms with Gasteiger partial charge < -0.3 is 4.74 Å². The highest BCUT2D eigenvalue weighted by atomic mass is 32.2. The van der Waals surface area contributed by atoms with Gasteiger partial charge in [-0.1, -0.05) is 29.4 Å². The Morgan fingerprint density at radius 3 is 1.97 bits per heavy atom. The van der Waals surface area contributed by atoms with Gasteiger partial charge in [-0.2, -0.15) is 34.8 Å². The third kappa shape index (κ3) is 4.79. The van der Waals surface area contributed by atoms with Gasteiger partial charge in [0.25, 0.3) is 0 Å². The fourth-order valence-electron chi connectivity index (χ4n) is 2.85. The first kappa shape index (κ1) is 23.4. The van der Waals surface area contributed by atoms with E-state index in [1.165, 1.54) is 31.4 Å². The summed E-state index contributed by atoms with van der Waals surface area (Å²) >= 11 is 0. The maximum absolute atomic E-state index is 13.7. The Balaban J connectivity index is 2.05. The molecule has 3 aromatic carbocycles. The van der Waals surface area contributed by atoms with E-state index in [4.69, 9.17) is 4.74 Å². The largest absolute Gasteiger partial charge is 0.496 e. The minimum atomic E-state index is -5.12. The number of hydrogen-bond acceptors (Lipinski definition) is 5. The Labute approximate surface area is 178 Å². The van der Waals surface area contributed by atoms with Crippen LogP contribution in [0.3, 0.4) is 0 Å². The summed E-state index contributed by atoms with van der Waals surface area (Å²) in [5.41, 5.74) is -3.26. The van der Waals surface area contributed by atoms with Gasteiger partial charge in [0, 0.05) is 10.9 Å². The summed E-state index contributed by atoms with van der Waals surface area (Å²) in [7, 11) is -3.60. The van der Waals surface area contributed by atoms with E-state index in [-0.39, 0.29) is 11.1 Å². The molecule has 0 heterocycles. The van der Waals surface area contributed by atoms with Crippen molar-refractivity contribution in [3.8, 4) is 5.75 Å². The zero-order chi connectivity index (χ0) is 23.7. The third-order valence-corrected chi connectivity index (χ3v) is 5.44. The summed E-state index contributed by atoms with van der Waals surface area (Å²) in [6.07, 6.45) is -9.84. The standard InChI is InChI=1S/C20H13F6NO4S/c1-30-17-11-10-16(14-4-2-3-5-15(14)17)18(20(24,25)26)27-31-32(28,29)13-8-6-12(7-9-13)19(21,22)23/h2-11H,1H3/b27-18+. The van der Waals surface area contributed by atoms with Crippen LogP contribution in [0.5, 0.6) is 5.75 Å². The second-order valence-electron chi connectivity index (χ2n) is 6.35. The van der Waals surface area contributed by atoms with Crippen molar-refractivity contribution in [2.75, 3.05) is 7.11 Å². The lowest BCUT2D eigenvalue weighted by Crippen LogP contribution is -2.25. The number of nitrogens with zero attached hydrogens (tertiary/aromatic N) is 1. The number of rotatable bonds is 5. The normalized spacial score (nSPS) is 13.3. The monoisotopic (exact) mass is 477 g/mol. The van der Waals surface area contributed by atoms with Crippen LogP contribution in [0.25, 0.3) is 10.8 Å². The Bertz CT molecular complexity index is 1270. The first-order chi connectivity index (χ1) is 14.8. The van der Waals surface area contributed by atoms with Crippen molar-refractivity contribution >= 4 is 26.6 Å². The second-order valence-corrected chi connectivity index (χ2v) is 7.88. The first-order valence-corrected chi connectivity index (χ1v) is 10.1. The number of ether oxygens (including phenoxy) is 1. The molecule has 0 saturated carbocycles. The topological polar surface area (TPSA) is 65.0 Å². The molecule has 0 radical (unpaired) electrons. The number of oxime groups is 1. The van der Waals surface area contributed by atoms with Crippen LogP contribution in [0.4, 0.5) is 26.3 Å². The molecule has 0 N–H and O–H groups in total. The summed E-state index contributed by atoms with van der Waals surface area (Å²) in [6, 6.07) is 10.2. The van der Waals surface area contributed by atoms with E-state index in [1.807, 2.05) is 0 Å². The lowest BCUT2D eigenvalue weighted by Gasteiger charge is -2.14. The molecule has 3 aromatic rings. The van der Waals surface area contributed by atoms with E-state index in [9.17, 15) is 34.8 Å². The van der Waals surface area contributed by atoms with E-state index in [2.05, 4.69) is 9.44 Å². The first-order valence-electron chi connectivity index (χ1n) is 8.67. The fraction of sp³-hybridized carbons (Fsp3) is 0.150. The van der Waals surface area contributed by atoms with Gasteiger partial charge in [0.05, 0.1) is 12.7 Å². The van der Waals surface area contributed by atoms with Crippen LogP contribution in [-0.4, -0.2) is 27.4 Å². The van der Waals surface area contributed by atoms with Crippen molar-refractivity contribution in [1.29, 1.82) is 0 Å². The van der Waals surface area contributed by atoms with Crippen LogP contribution in [0, 0.1) is 0 Å². The van der Waals surface area contributed by atoms with Gasteiger partial charge in [0.1, 0.15) is 10.6 Å². The predicted octanol–water partition coefficient (Wildman–Crippen LogP) is 5.54.